The molecule has 4 nitrogen and oxygen atoms in total. The molecule has 0 amide bonds. The van der Waals surface area contributed by atoms with Gasteiger partial charge in [-0.25, -0.2) is 9.78 Å². The summed E-state index contributed by atoms with van der Waals surface area (Å²) in [4.78, 5) is 15.6. The number of carbonyl (C=O) groups excluding carboxylic acids is 1. The summed E-state index contributed by atoms with van der Waals surface area (Å²) in [6.07, 6.45) is 3.30. The first-order valence-corrected chi connectivity index (χ1v) is 6.34. The van der Waals surface area contributed by atoms with E-state index in [4.69, 9.17) is 9.47 Å². The van der Waals surface area contributed by atoms with Crippen LogP contribution < -0.4 is 0 Å². The van der Waals surface area contributed by atoms with Crippen LogP contribution in [0.25, 0.3) is 0 Å². The molecule has 1 aliphatic rings. The van der Waals surface area contributed by atoms with Crippen LogP contribution in [0.1, 0.15) is 34.8 Å². The van der Waals surface area contributed by atoms with Crippen LogP contribution in [-0.4, -0.2) is 30.3 Å². The van der Waals surface area contributed by atoms with Crippen LogP contribution in [0.2, 0.25) is 0 Å². The normalized spacial score (nSPS) is 20.7. The topological polar surface area (TPSA) is 48.4 Å². The second kappa shape index (κ2) is 5.41. The van der Waals surface area contributed by atoms with Crippen molar-refractivity contribution in [3.05, 3.63) is 16.1 Å². The lowest BCUT2D eigenvalue weighted by Gasteiger charge is -2.21. The maximum absolute atomic E-state index is 11.6. The van der Waals surface area contributed by atoms with Crippen molar-refractivity contribution < 1.29 is 14.3 Å². The van der Waals surface area contributed by atoms with Gasteiger partial charge in [0, 0.05) is 12.0 Å². The van der Waals surface area contributed by atoms with Crippen molar-refractivity contribution in [2.24, 2.45) is 0 Å². The third kappa shape index (κ3) is 3.02. The fraction of sp³-hybridized carbons (Fsp3) is 0.636. The van der Waals surface area contributed by atoms with Crippen LogP contribution in [0, 0.1) is 6.92 Å². The van der Waals surface area contributed by atoms with E-state index in [2.05, 4.69) is 4.98 Å². The molecule has 88 valence electrons. The lowest BCUT2D eigenvalue weighted by Crippen LogP contribution is -2.26. The first-order chi connectivity index (χ1) is 7.75. The molecule has 1 atom stereocenters. The third-order valence-electron chi connectivity index (χ3n) is 2.50. The van der Waals surface area contributed by atoms with Gasteiger partial charge in [-0.2, -0.15) is 0 Å². The van der Waals surface area contributed by atoms with Crippen molar-refractivity contribution in [1.82, 2.24) is 4.98 Å². The van der Waals surface area contributed by atoms with Crippen molar-refractivity contribution in [2.45, 2.75) is 32.3 Å². The molecular weight excluding hydrogens is 226 g/mol. The lowest BCUT2D eigenvalue weighted by atomic mass is 10.1. The minimum absolute atomic E-state index is 0.0671. The Hall–Kier alpha value is -0.940. The summed E-state index contributed by atoms with van der Waals surface area (Å²) in [6, 6.07) is 0. The highest BCUT2D eigenvalue weighted by molar-refractivity contribution is 7.09. The molecule has 1 aromatic rings. The molecule has 1 aliphatic heterocycles. The molecule has 0 spiro atoms. The molecule has 2 rings (SSSR count). The zero-order chi connectivity index (χ0) is 11.4. The van der Waals surface area contributed by atoms with E-state index in [0.717, 1.165) is 30.9 Å². The number of rotatable bonds is 3. The van der Waals surface area contributed by atoms with Crippen molar-refractivity contribution >= 4 is 17.3 Å². The molecular formula is C11H15NO3S. The standard InChI is InChI=1S/C11H15NO3S/c1-8-12-10(7-16-8)11(13)15-6-9-4-2-3-5-14-9/h7,9H,2-6H2,1H3/t9-/m1/s1. The Labute approximate surface area is 98.6 Å². The molecule has 0 bridgehead atoms. The molecule has 0 aromatic carbocycles. The van der Waals surface area contributed by atoms with Crippen LogP contribution in [0.3, 0.4) is 0 Å². The molecule has 1 saturated heterocycles. The molecule has 0 radical (unpaired) electrons. The Kier molecular flexibility index (Phi) is 3.90. The van der Waals surface area contributed by atoms with Gasteiger partial charge >= 0.3 is 5.97 Å². The van der Waals surface area contributed by atoms with Gasteiger partial charge < -0.3 is 9.47 Å². The van der Waals surface area contributed by atoms with Crippen LogP contribution in [-0.2, 0) is 9.47 Å². The zero-order valence-corrected chi connectivity index (χ0v) is 10.1. The largest absolute Gasteiger partial charge is 0.458 e. The number of nitrogens with zero attached hydrogens (tertiary/aromatic N) is 1. The van der Waals surface area contributed by atoms with Crippen LogP contribution in [0.4, 0.5) is 0 Å². The third-order valence-corrected chi connectivity index (χ3v) is 3.28. The lowest BCUT2D eigenvalue weighted by molar-refractivity contribution is -0.0302. The number of aromatic nitrogens is 1. The molecule has 0 unspecified atom stereocenters. The van der Waals surface area contributed by atoms with E-state index in [1.54, 1.807) is 5.38 Å². The van der Waals surface area contributed by atoms with Crippen molar-refractivity contribution in [3.63, 3.8) is 0 Å². The molecule has 0 N–H and O–H groups in total. The number of esters is 1. The van der Waals surface area contributed by atoms with Crippen LogP contribution >= 0.6 is 11.3 Å². The van der Waals surface area contributed by atoms with Gasteiger partial charge in [-0.1, -0.05) is 0 Å². The highest BCUT2D eigenvalue weighted by atomic mass is 32.1. The summed E-state index contributed by atoms with van der Waals surface area (Å²) in [6.45, 7) is 2.99. The Morgan fingerprint density at radius 3 is 3.19 bits per heavy atom. The van der Waals surface area contributed by atoms with E-state index in [1.807, 2.05) is 6.92 Å². The van der Waals surface area contributed by atoms with Gasteiger partial charge in [0.05, 0.1) is 11.1 Å². The van der Waals surface area contributed by atoms with Gasteiger partial charge in [-0.15, -0.1) is 11.3 Å². The maximum atomic E-state index is 11.6. The molecule has 5 heteroatoms. The predicted octanol–water partition coefficient (Wildman–Crippen LogP) is 2.18. The predicted molar refractivity (Wildman–Crippen MR) is 60.7 cm³/mol. The number of hydrogen-bond acceptors (Lipinski definition) is 5. The highest BCUT2D eigenvalue weighted by Gasteiger charge is 2.17. The number of carbonyl (C=O) groups is 1. The molecule has 0 aliphatic carbocycles. The minimum atomic E-state index is -0.349. The number of thiazole rings is 1. The number of hydrogen-bond donors (Lipinski definition) is 0. The maximum Gasteiger partial charge on any atom is 0.357 e. The number of ether oxygens (including phenoxy) is 2. The second-order valence-corrected chi connectivity index (χ2v) is 4.90. The first-order valence-electron chi connectivity index (χ1n) is 5.46. The summed E-state index contributed by atoms with van der Waals surface area (Å²) >= 11 is 1.45. The summed E-state index contributed by atoms with van der Waals surface area (Å²) in [5.41, 5.74) is 0.401. The SMILES string of the molecule is Cc1nc(C(=O)OC[C@H]2CCCCO2)cs1. The fourth-order valence-electron chi connectivity index (χ4n) is 1.64. The van der Waals surface area contributed by atoms with Crippen molar-refractivity contribution in [1.29, 1.82) is 0 Å². The van der Waals surface area contributed by atoms with Gasteiger partial charge in [0.25, 0.3) is 0 Å². The van der Waals surface area contributed by atoms with E-state index in [0.29, 0.717) is 12.3 Å². The summed E-state index contributed by atoms with van der Waals surface area (Å²) < 4.78 is 10.6. The van der Waals surface area contributed by atoms with Crippen molar-refractivity contribution in [2.75, 3.05) is 13.2 Å². The van der Waals surface area contributed by atoms with Crippen molar-refractivity contribution in [3.8, 4) is 0 Å². The summed E-state index contributed by atoms with van der Waals surface area (Å²) in [5, 5.41) is 2.60. The second-order valence-electron chi connectivity index (χ2n) is 3.84. The first kappa shape index (κ1) is 11.5. The van der Waals surface area contributed by atoms with Gasteiger partial charge in [-0.3, -0.25) is 0 Å². The summed E-state index contributed by atoms with van der Waals surface area (Å²) in [7, 11) is 0. The summed E-state index contributed by atoms with van der Waals surface area (Å²) in [5.74, 6) is -0.349. The van der Waals surface area contributed by atoms with E-state index in [-0.39, 0.29) is 12.1 Å². The molecule has 2 heterocycles. The van der Waals surface area contributed by atoms with Crippen LogP contribution in [0.5, 0.6) is 0 Å². The van der Waals surface area contributed by atoms with Gasteiger partial charge in [0.2, 0.25) is 0 Å². The Bertz CT molecular complexity index is 358. The highest BCUT2D eigenvalue weighted by Crippen LogP contribution is 2.14. The molecule has 16 heavy (non-hydrogen) atoms. The Balaban J connectivity index is 1.79. The van der Waals surface area contributed by atoms with E-state index < -0.39 is 0 Å². The average molecular weight is 241 g/mol. The monoisotopic (exact) mass is 241 g/mol. The van der Waals surface area contributed by atoms with Crippen LogP contribution in [0.15, 0.2) is 5.38 Å². The molecule has 1 aromatic heterocycles. The van der Waals surface area contributed by atoms with Gasteiger partial charge in [0.15, 0.2) is 5.69 Å². The van der Waals surface area contributed by atoms with Gasteiger partial charge in [0.1, 0.15) is 6.61 Å². The average Bonchev–Trinajstić information content (AvgIpc) is 2.74. The smallest absolute Gasteiger partial charge is 0.357 e. The van der Waals surface area contributed by atoms with E-state index in [1.165, 1.54) is 11.3 Å². The Morgan fingerprint density at radius 1 is 1.69 bits per heavy atom. The fourth-order valence-corrected chi connectivity index (χ4v) is 2.22. The van der Waals surface area contributed by atoms with Gasteiger partial charge in [-0.05, 0) is 26.2 Å². The minimum Gasteiger partial charge on any atom is -0.458 e. The Morgan fingerprint density at radius 2 is 2.56 bits per heavy atom. The molecule has 0 saturated carbocycles. The van der Waals surface area contributed by atoms with E-state index in [9.17, 15) is 4.79 Å². The molecule has 1 fully saturated rings. The van der Waals surface area contributed by atoms with E-state index >= 15 is 0 Å². The quantitative estimate of drug-likeness (QED) is 0.761. The number of aryl methyl sites for hydroxylation is 1. The zero-order valence-electron chi connectivity index (χ0n) is 9.27.